The van der Waals surface area contributed by atoms with Crippen LogP contribution in [0.4, 0.5) is 5.69 Å². The summed E-state index contributed by atoms with van der Waals surface area (Å²) in [5.41, 5.74) is 2.14. The second-order valence-electron chi connectivity index (χ2n) is 7.84. The predicted molar refractivity (Wildman–Crippen MR) is 118 cm³/mol. The van der Waals surface area contributed by atoms with E-state index in [1.165, 1.54) is 29.2 Å². The molecule has 0 saturated carbocycles. The van der Waals surface area contributed by atoms with Gasteiger partial charge < -0.3 is 14.8 Å². The third-order valence-electron chi connectivity index (χ3n) is 5.63. The highest BCUT2D eigenvalue weighted by molar-refractivity contribution is 5.96. The fraction of sp³-hybridized carbons (Fsp3) is 0.261. The van der Waals surface area contributed by atoms with Gasteiger partial charge in [-0.15, -0.1) is 0 Å². The number of hydrogen-bond acceptors (Lipinski definition) is 5. The van der Waals surface area contributed by atoms with Crippen LogP contribution in [0.2, 0.25) is 0 Å². The first-order valence-corrected chi connectivity index (χ1v) is 10.4. The molecule has 1 aliphatic rings. The van der Waals surface area contributed by atoms with Crippen molar-refractivity contribution in [3.05, 3.63) is 88.0 Å². The van der Waals surface area contributed by atoms with Crippen LogP contribution in [0.25, 0.3) is 5.69 Å². The van der Waals surface area contributed by atoms with E-state index in [4.69, 9.17) is 0 Å². The van der Waals surface area contributed by atoms with Gasteiger partial charge in [0.25, 0.3) is 17.5 Å². The van der Waals surface area contributed by atoms with Crippen LogP contribution in [-0.2, 0) is 0 Å². The maximum atomic E-state index is 12.7. The van der Waals surface area contributed by atoms with Crippen LogP contribution in [0.1, 0.15) is 39.1 Å². The molecule has 0 aliphatic carbocycles. The lowest BCUT2D eigenvalue weighted by atomic mass is 10.0. The number of rotatable bonds is 5. The van der Waals surface area contributed by atoms with Gasteiger partial charge in [-0.2, -0.15) is 0 Å². The number of likely N-dealkylation sites (tertiary alicyclic amines) is 1. The number of imidazole rings is 1. The van der Waals surface area contributed by atoms with Crippen molar-refractivity contribution < 1.29 is 14.5 Å². The van der Waals surface area contributed by atoms with E-state index < -0.39 is 4.92 Å². The highest BCUT2D eigenvalue weighted by Gasteiger charge is 2.26. The molecule has 9 heteroatoms. The van der Waals surface area contributed by atoms with Crippen molar-refractivity contribution in [1.82, 2.24) is 19.8 Å². The second-order valence-corrected chi connectivity index (χ2v) is 7.84. The standard InChI is InChI=1S/C23H23N5O4/c1-16-2-4-17(5-3-16)23(30)26-11-8-19(9-12-26)25-22(29)18-6-7-20(21(14-18)28(31)32)27-13-10-24-15-27/h2-7,10,13-15,19H,8-9,11-12H2,1H3,(H,25,29). The van der Waals surface area contributed by atoms with Crippen molar-refractivity contribution >= 4 is 17.5 Å². The lowest BCUT2D eigenvalue weighted by Crippen LogP contribution is -2.46. The van der Waals surface area contributed by atoms with E-state index in [1.807, 2.05) is 31.2 Å². The Balaban J connectivity index is 1.39. The van der Waals surface area contributed by atoms with Crippen LogP contribution in [0, 0.1) is 17.0 Å². The molecule has 1 fully saturated rings. The van der Waals surface area contributed by atoms with Crippen molar-refractivity contribution in [3.63, 3.8) is 0 Å². The predicted octanol–water partition coefficient (Wildman–Crippen LogP) is 3.12. The van der Waals surface area contributed by atoms with Crippen molar-refractivity contribution in [2.45, 2.75) is 25.8 Å². The number of nitrogens with zero attached hydrogens (tertiary/aromatic N) is 4. The SMILES string of the molecule is Cc1ccc(C(=O)N2CCC(NC(=O)c3ccc(-n4ccnc4)c([N+](=O)[O-])c3)CC2)cc1. The summed E-state index contributed by atoms with van der Waals surface area (Å²) in [6.07, 6.45) is 5.85. The van der Waals surface area contributed by atoms with Crippen molar-refractivity contribution in [3.8, 4) is 5.69 Å². The summed E-state index contributed by atoms with van der Waals surface area (Å²) in [6.45, 7) is 3.05. The molecular weight excluding hydrogens is 410 g/mol. The third-order valence-corrected chi connectivity index (χ3v) is 5.63. The van der Waals surface area contributed by atoms with Crippen molar-refractivity contribution in [2.24, 2.45) is 0 Å². The van der Waals surface area contributed by atoms with Gasteiger partial charge in [-0.1, -0.05) is 17.7 Å². The smallest absolute Gasteiger partial charge is 0.294 e. The van der Waals surface area contributed by atoms with Gasteiger partial charge in [0, 0.05) is 48.7 Å². The minimum atomic E-state index is -0.513. The van der Waals surface area contributed by atoms with E-state index in [9.17, 15) is 19.7 Å². The summed E-state index contributed by atoms with van der Waals surface area (Å²) in [7, 11) is 0. The lowest BCUT2D eigenvalue weighted by molar-refractivity contribution is -0.384. The minimum Gasteiger partial charge on any atom is -0.349 e. The number of benzene rings is 2. The Morgan fingerprint density at radius 2 is 1.78 bits per heavy atom. The number of nitro groups is 1. The number of carbonyl (C=O) groups is 2. The number of nitro benzene ring substituents is 1. The molecule has 0 atom stereocenters. The van der Waals surface area contributed by atoms with Gasteiger partial charge in [0.05, 0.1) is 11.3 Å². The minimum absolute atomic E-state index is 0.0134. The van der Waals surface area contributed by atoms with Crippen molar-refractivity contribution in [2.75, 3.05) is 13.1 Å². The van der Waals surface area contributed by atoms with Crippen LogP contribution in [-0.4, -0.2) is 50.3 Å². The van der Waals surface area contributed by atoms with E-state index in [2.05, 4.69) is 10.3 Å². The molecule has 4 rings (SSSR count). The summed E-state index contributed by atoms with van der Waals surface area (Å²) in [5.74, 6) is -0.380. The summed E-state index contributed by atoms with van der Waals surface area (Å²) < 4.78 is 1.53. The molecule has 2 amide bonds. The molecule has 0 spiro atoms. The molecule has 32 heavy (non-hydrogen) atoms. The average Bonchev–Trinajstić information content (AvgIpc) is 3.34. The lowest BCUT2D eigenvalue weighted by Gasteiger charge is -2.32. The average molecular weight is 433 g/mol. The van der Waals surface area contributed by atoms with Gasteiger partial charge in [-0.3, -0.25) is 19.7 Å². The number of carbonyl (C=O) groups excluding carboxylic acids is 2. The Morgan fingerprint density at radius 3 is 2.41 bits per heavy atom. The zero-order valence-corrected chi connectivity index (χ0v) is 17.6. The number of hydrogen-bond donors (Lipinski definition) is 1. The number of amides is 2. The fourth-order valence-corrected chi connectivity index (χ4v) is 3.81. The molecule has 1 saturated heterocycles. The molecular formula is C23H23N5O4. The second kappa shape index (κ2) is 9.01. The van der Waals surface area contributed by atoms with E-state index >= 15 is 0 Å². The van der Waals surface area contributed by atoms with E-state index in [0.29, 0.717) is 37.2 Å². The number of aromatic nitrogens is 2. The van der Waals surface area contributed by atoms with E-state index in [-0.39, 0.29) is 29.1 Å². The Morgan fingerprint density at radius 1 is 1.09 bits per heavy atom. The molecule has 0 bridgehead atoms. The molecule has 1 aliphatic heterocycles. The molecule has 9 nitrogen and oxygen atoms in total. The van der Waals surface area contributed by atoms with Gasteiger partial charge in [-0.25, -0.2) is 4.98 Å². The van der Waals surface area contributed by atoms with Crippen LogP contribution in [0.15, 0.2) is 61.2 Å². The molecule has 0 unspecified atom stereocenters. The van der Waals surface area contributed by atoms with Crippen LogP contribution < -0.4 is 5.32 Å². The molecule has 164 valence electrons. The first kappa shape index (κ1) is 21.2. The van der Waals surface area contributed by atoms with Gasteiger partial charge in [0.2, 0.25) is 0 Å². The largest absolute Gasteiger partial charge is 0.349 e. The first-order chi connectivity index (χ1) is 15.4. The number of nitrogens with one attached hydrogen (secondary N) is 1. The van der Waals surface area contributed by atoms with Gasteiger partial charge >= 0.3 is 0 Å². The zero-order chi connectivity index (χ0) is 22.7. The number of aryl methyl sites for hydroxylation is 1. The zero-order valence-electron chi connectivity index (χ0n) is 17.6. The molecule has 2 heterocycles. The Kier molecular flexibility index (Phi) is 5.98. The van der Waals surface area contributed by atoms with Crippen LogP contribution in [0.3, 0.4) is 0 Å². The molecule has 0 radical (unpaired) electrons. The van der Waals surface area contributed by atoms with Gasteiger partial charge in [-0.05, 0) is 44.0 Å². The quantitative estimate of drug-likeness (QED) is 0.491. The van der Waals surface area contributed by atoms with Gasteiger partial charge in [0.15, 0.2) is 0 Å². The highest BCUT2D eigenvalue weighted by atomic mass is 16.6. The van der Waals surface area contributed by atoms with E-state index in [0.717, 1.165) is 5.56 Å². The maximum absolute atomic E-state index is 12.7. The molecule has 3 aromatic rings. The maximum Gasteiger partial charge on any atom is 0.294 e. The molecule has 1 aromatic heterocycles. The Labute approximate surface area is 184 Å². The Hall–Kier alpha value is -4.01. The third kappa shape index (κ3) is 4.51. The summed E-state index contributed by atoms with van der Waals surface area (Å²) in [5, 5.41) is 14.5. The van der Waals surface area contributed by atoms with Gasteiger partial charge in [0.1, 0.15) is 5.69 Å². The summed E-state index contributed by atoms with van der Waals surface area (Å²) in [6, 6.07) is 11.8. The van der Waals surface area contributed by atoms with Crippen molar-refractivity contribution in [1.29, 1.82) is 0 Å². The van der Waals surface area contributed by atoms with Crippen LogP contribution >= 0.6 is 0 Å². The first-order valence-electron chi connectivity index (χ1n) is 10.4. The number of piperidine rings is 1. The fourth-order valence-electron chi connectivity index (χ4n) is 3.81. The topological polar surface area (TPSA) is 110 Å². The normalized spacial score (nSPS) is 14.2. The van der Waals surface area contributed by atoms with E-state index in [1.54, 1.807) is 17.2 Å². The monoisotopic (exact) mass is 433 g/mol. The van der Waals surface area contributed by atoms with Crippen LogP contribution in [0.5, 0.6) is 0 Å². The highest BCUT2D eigenvalue weighted by Crippen LogP contribution is 2.24. The summed E-state index contributed by atoms with van der Waals surface area (Å²) >= 11 is 0. The molecule has 1 N–H and O–H groups in total. The summed E-state index contributed by atoms with van der Waals surface area (Å²) in [4.78, 5) is 42.1. The molecule has 2 aromatic carbocycles. The Bertz CT molecular complexity index is 1130.